The molecule has 2 saturated carbocycles. The van der Waals surface area contributed by atoms with E-state index in [0.29, 0.717) is 17.9 Å². The van der Waals surface area contributed by atoms with Crippen LogP contribution in [0.1, 0.15) is 16.8 Å². The summed E-state index contributed by atoms with van der Waals surface area (Å²) in [5.74, 6) is -2.71. The number of benzene rings is 2. The topological polar surface area (TPSA) is 102 Å². The maximum absolute atomic E-state index is 13.2. The number of hydrogen-bond acceptors (Lipinski definition) is 6. The van der Waals surface area contributed by atoms with Crippen molar-refractivity contribution in [3.63, 3.8) is 0 Å². The Kier molecular flexibility index (Phi) is 6.19. The lowest BCUT2D eigenvalue weighted by Crippen LogP contribution is -2.37. The van der Waals surface area contributed by atoms with Crippen molar-refractivity contribution in [3.05, 3.63) is 54.1 Å². The number of para-hydroxylation sites is 2. The van der Waals surface area contributed by atoms with E-state index < -0.39 is 30.3 Å². The van der Waals surface area contributed by atoms with Crippen LogP contribution in [0.5, 0.6) is 5.75 Å². The van der Waals surface area contributed by atoms with Crippen LogP contribution in [0.25, 0.3) is 0 Å². The molecule has 2 aliphatic carbocycles. The van der Waals surface area contributed by atoms with E-state index in [1.807, 2.05) is 0 Å². The minimum atomic E-state index is -0.761. The number of nitrogens with zero attached hydrogens (tertiary/aromatic N) is 1. The van der Waals surface area contributed by atoms with Gasteiger partial charge in [0.25, 0.3) is 5.91 Å². The number of carbonyl (C=O) groups excluding carboxylic acids is 4. The third-order valence-electron chi connectivity index (χ3n) is 7.04. The molecule has 182 valence electrons. The molecule has 6 atom stereocenters. The Morgan fingerprint density at radius 1 is 1.00 bits per heavy atom. The van der Waals surface area contributed by atoms with Gasteiger partial charge in [-0.2, -0.15) is 0 Å². The molecule has 2 aromatic rings. The third kappa shape index (κ3) is 3.94. The summed E-state index contributed by atoms with van der Waals surface area (Å²) >= 11 is 12.8. The fraction of sp³-hybridized carbons (Fsp3) is 0.360. The van der Waals surface area contributed by atoms with Crippen LogP contribution in [0.4, 0.5) is 11.4 Å². The van der Waals surface area contributed by atoms with E-state index in [4.69, 9.17) is 32.7 Å². The second kappa shape index (κ2) is 9.17. The minimum absolute atomic E-state index is 0.110. The molecule has 0 spiro atoms. The number of rotatable bonds is 6. The SMILES string of the molecule is COc1ccccc1NC(=O)COC(=O)c1cccc(N2C(=O)[C@@H]3[C@H]4C[C@@H]([C@H](Cl)[C@H]4Cl)[C@@H]3C2=O)c1. The van der Waals surface area contributed by atoms with Gasteiger partial charge in [-0.25, -0.2) is 4.79 Å². The van der Waals surface area contributed by atoms with E-state index in [9.17, 15) is 19.2 Å². The Labute approximate surface area is 211 Å². The van der Waals surface area contributed by atoms with Crippen molar-refractivity contribution in [2.24, 2.45) is 23.7 Å². The van der Waals surface area contributed by atoms with Gasteiger partial charge in [-0.05, 0) is 48.6 Å². The number of esters is 1. The molecule has 10 heteroatoms. The average molecular weight is 517 g/mol. The number of anilines is 2. The largest absolute Gasteiger partial charge is 0.495 e. The van der Waals surface area contributed by atoms with Crippen LogP contribution in [0.15, 0.2) is 48.5 Å². The number of fused-ring (bicyclic) bond motifs is 5. The lowest BCUT2D eigenvalue weighted by Gasteiger charge is -2.28. The number of hydrogen-bond donors (Lipinski definition) is 1. The summed E-state index contributed by atoms with van der Waals surface area (Å²) in [4.78, 5) is 52.3. The molecule has 35 heavy (non-hydrogen) atoms. The first-order valence-corrected chi connectivity index (χ1v) is 12.0. The number of ether oxygens (including phenoxy) is 2. The minimum Gasteiger partial charge on any atom is -0.495 e. The molecule has 8 nitrogen and oxygen atoms in total. The van der Waals surface area contributed by atoms with Crippen LogP contribution in [0, 0.1) is 23.7 Å². The monoisotopic (exact) mass is 516 g/mol. The van der Waals surface area contributed by atoms with E-state index in [1.165, 1.54) is 19.2 Å². The standard InChI is InChI=1S/C25H22Cl2N2O6/c1-34-17-8-3-2-7-16(17)28-18(30)11-35-25(33)12-5-4-6-13(9-12)29-23(31)19-14-10-15(20(19)24(29)32)22(27)21(14)26/h2-9,14-15,19-22H,10-11H2,1H3,(H,28,30)/t14-,15-,19-,20+,21+,22+/m1/s1. The molecule has 5 rings (SSSR count). The Bertz CT molecular complexity index is 1190. The van der Waals surface area contributed by atoms with Crippen molar-refractivity contribution in [1.82, 2.24) is 0 Å². The number of halogens is 2. The van der Waals surface area contributed by atoms with Crippen molar-refractivity contribution < 1.29 is 28.7 Å². The van der Waals surface area contributed by atoms with Gasteiger partial charge in [0.1, 0.15) is 5.75 Å². The van der Waals surface area contributed by atoms with E-state index >= 15 is 0 Å². The highest BCUT2D eigenvalue weighted by Crippen LogP contribution is 2.59. The van der Waals surface area contributed by atoms with Gasteiger partial charge in [0.05, 0.1) is 46.6 Å². The van der Waals surface area contributed by atoms with Gasteiger partial charge in [0, 0.05) is 0 Å². The quantitative estimate of drug-likeness (QED) is 0.358. The zero-order valence-electron chi connectivity index (χ0n) is 18.6. The molecule has 1 N–H and O–H groups in total. The summed E-state index contributed by atoms with van der Waals surface area (Å²) in [6.07, 6.45) is 0.673. The van der Waals surface area contributed by atoms with Gasteiger partial charge in [0.2, 0.25) is 11.8 Å². The van der Waals surface area contributed by atoms with Crippen molar-refractivity contribution in [1.29, 1.82) is 0 Å². The molecule has 0 unspecified atom stereocenters. The highest BCUT2D eigenvalue weighted by Gasteiger charge is 2.66. The number of carbonyl (C=O) groups is 4. The zero-order valence-corrected chi connectivity index (χ0v) is 20.2. The van der Waals surface area contributed by atoms with Crippen LogP contribution >= 0.6 is 23.2 Å². The Morgan fingerprint density at radius 2 is 1.66 bits per heavy atom. The fourth-order valence-electron chi connectivity index (χ4n) is 5.52. The molecular formula is C25H22Cl2N2O6. The van der Waals surface area contributed by atoms with Gasteiger partial charge in [-0.1, -0.05) is 18.2 Å². The number of amides is 3. The van der Waals surface area contributed by atoms with Crippen molar-refractivity contribution in [2.75, 3.05) is 23.9 Å². The van der Waals surface area contributed by atoms with Crippen molar-refractivity contribution >= 4 is 58.3 Å². The van der Waals surface area contributed by atoms with Crippen LogP contribution in [0.3, 0.4) is 0 Å². The molecule has 2 aromatic carbocycles. The Morgan fingerprint density at radius 3 is 2.31 bits per heavy atom. The summed E-state index contributed by atoms with van der Waals surface area (Å²) in [6.45, 7) is -0.523. The summed E-state index contributed by atoms with van der Waals surface area (Å²) in [6, 6.07) is 12.9. The van der Waals surface area contributed by atoms with Gasteiger partial charge in [-0.3, -0.25) is 19.3 Å². The van der Waals surface area contributed by atoms with Gasteiger partial charge < -0.3 is 14.8 Å². The van der Waals surface area contributed by atoms with Crippen LogP contribution in [-0.4, -0.2) is 48.2 Å². The summed E-state index contributed by atoms with van der Waals surface area (Å²) < 4.78 is 10.3. The molecular weight excluding hydrogens is 495 g/mol. The van der Waals surface area contributed by atoms with E-state index in [2.05, 4.69) is 5.32 Å². The van der Waals surface area contributed by atoms with Crippen molar-refractivity contribution in [3.8, 4) is 5.75 Å². The van der Waals surface area contributed by atoms with E-state index in [0.717, 1.165) is 4.90 Å². The van der Waals surface area contributed by atoms with Crippen LogP contribution in [0.2, 0.25) is 0 Å². The molecule has 1 heterocycles. The van der Waals surface area contributed by atoms with Gasteiger partial charge in [-0.15, -0.1) is 23.2 Å². The normalized spacial score (nSPS) is 28.7. The molecule has 0 aromatic heterocycles. The maximum atomic E-state index is 13.2. The Balaban J connectivity index is 1.26. The first-order chi connectivity index (χ1) is 16.8. The lowest BCUT2D eigenvalue weighted by atomic mass is 9.80. The fourth-order valence-corrected chi connectivity index (χ4v) is 6.42. The van der Waals surface area contributed by atoms with Crippen LogP contribution in [-0.2, 0) is 19.1 Å². The molecule has 3 aliphatic rings. The first-order valence-electron chi connectivity index (χ1n) is 11.2. The molecule has 2 bridgehead atoms. The molecule has 0 radical (unpaired) electrons. The predicted octanol–water partition coefficient (Wildman–Crippen LogP) is 3.46. The second-order valence-corrected chi connectivity index (χ2v) is 9.90. The molecule has 1 aliphatic heterocycles. The van der Waals surface area contributed by atoms with Crippen LogP contribution < -0.4 is 15.0 Å². The lowest BCUT2D eigenvalue weighted by molar-refractivity contribution is -0.123. The van der Waals surface area contributed by atoms with E-state index in [-0.39, 0.29) is 45.7 Å². The molecule has 3 amide bonds. The maximum Gasteiger partial charge on any atom is 0.338 e. The highest BCUT2D eigenvalue weighted by molar-refractivity contribution is 6.32. The summed E-state index contributed by atoms with van der Waals surface area (Å²) in [5, 5.41) is 1.93. The van der Waals surface area contributed by atoms with E-state index in [1.54, 1.807) is 36.4 Å². The molecule has 3 fully saturated rings. The van der Waals surface area contributed by atoms with Crippen molar-refractivity contribution in [2.45, 2.75) is 17.2 Å². The third-order valence-corrected chi connectivity index (χ3v) is 8.36. The second-order valence-electron chi connectivity index (χ2n) is 8.89. The Hall–Kier alpha value is -3.10. The summed E-state index contributed by atoms with van der Waals surface area (Å²) in [5.41, 5.74) is 0.833. The number of nitrogens with one attached hydrogen (secondary N) is 1. The zero-order chi connectivity index (χ0) is 24.9. The predicted molar refractivity (Wildman–Crippen MR) is 129 cm³/mol. The smallest absolute Gasteiger partial charge is 0.338 e. The average Bonchev–Trinajstić information content (AvgIpc) is 3.47. The number of methoxy groups -OCH3 is 1. The van der Waals surface area contributed by atoms with Gasteiger partial charge >= 0.3 is 5.97 Å². The highest BCUT2D eigenvalue weighted by atomic mass is 35.5. The van der Waals surface area contributed by atoms with Gasteiger partial charge in [0.15, 0.2) is 6.61 Å². The summed E-state index contributed by atoms with van der Waals surface area (Å²) in [7, 11) is 1.48. The first kappa shape index (κ1) is 23.6. The number of imide groups is 1. The molecule has 1 saturated heterocycles. The number of alkyl halides is 2.